The minimum Gasteiger partial charge on any atom is -0.367 e. The highest BCUT2D eigenvalue weighted by Gasteiger charge is 2.23. The third kappa shape index (κ3) is 3.37. The summed E-state index contributed by atoms with van der Waals surface area (Å²) in [6.45, 7) is 3.60. The lowest BCUT2D eigenvalue weighted by Crippen LogP contribution is -2.44. The molecular weight excluding hydrogens is 373 g/mol. The van der Waals surface area contributed by atoms with Crippen molar-refractivity contribution in [3.8, 4) is 0 Å². The third-order valence-electron chi connectivity index (χ3n) is 6.15. The Kier molecular flexibility index (Phi) is 5.01. The third-order valence-corrected chi connectivity index (χ3v) is 6.15. The molecule has 0 aliphatic carbocycles. The monoisotopic (exact) mass is 399 g/mol. The van der Waals surface area contributed by atoms with Crippen LogP contribution in [0.15, 0.2) is 85.1 Å². The van der Waals surface area contributed by atoms with Crippen molar-refractivity contribution in [2.45, 2.75) is 6.04 Å². The Hall–Kier alpha value is -3.11. The van der Waals surface area contributed by atoms with Gasteiger partial charge in [-0.1, -0.05) is 66.7 Å². The highest BCUT2D eigenvalue weighted by Crippen LogP contribution is 2.35. The molecule has 30 heavy (non-hydrogen) atoms. The van der Waals surface area contributed by atoms with E-state index in [9.17, 15) is 0 Å². The van der Waals surface area contributed by atoms with E-state index in [0.717, 1.165) is 42.7 Å². The van der Waals surface area contributed by atoms with Gasteiger partial charge < -0.3 is 14.4 Å². The number of likely N-dealkylation sites (N-methyl/N-ethyl adjacent to an activating group) is 1. The van der Waals surface area contributed by atoms with Crippen molar-refractivity contribution in [3.63, 3.8) is 0 Å². The van der Waals surface area contributed by atoms with E-state index in [-0.39, 0.29) is 11.9 Å². The molecule has 2 heterocycles. The van der Waals surface area contributed by atoms with Crippen LogP contribution in [0.1, 0.15) is 17.2 Å². The Morgan fingerprint density at radius 1 is 0.733 bits per heavy atom. The average molecular weight is 400 g/mol. The van der Waals surface area contributed by atoms with Gasteiger partial charge in [0.05, 0.1) is 17.2 Å². The van der Waals surface area contributed by atoms with Crippen LogP contribution in [0.2, 0.25) is 0 Å². The van der Waals surface area contributed by atoms with E-state index in [4.69, 9.17) is 0 Å². The summed E-state index contributed by atoms with van der Waals surface area (Å²) >= 11 is 0. The number of rotatable bonds is 4. The Labute approximate surface area is 177 Å². The lowest BCUT2D eigenvalue weighted by molar-refractivity contribution is 0.312. The van der Waals surface area contributed by atoms with E-state index in [1.165, 1.54) is 0 Å². The minimum absolute atomic E-state index is 0.0814. The first-order chi connectivity index (χ1) is 14.7. The average Bonchev–Trinajstić information content (AvgIpc) is 3.21. The van der Waals surface area contributed by atoms with E-state index < -0.39 is 0 Å². The summed E-state index contributed by atoms with van der Waals surface area (Å²) < 4.78 is 18.1. The SMILES string of the molecule is CN1CCN(c2ccc3ccn(C(c4ccccc4)c4ccccc4)c3c2F)CC1. The number of aromatic nitrogens is 1. The number of hydrogen-bond donors (Lipinski definition) is 0. The molecule has 0 amide bonds. The molecule has 3 aromatic carbocycles. The second-order valence-corrected chi connectivity index (χ2v) is 8.07. The van der Waals surface area contributed by atoms with Gasteiger partial charge in [-0.05, 0) is 30.3 Å². The molecule has 4 aromatic rings. The van der Waals surface area contributed by atoms with Gasteiger partial charge in [0.2, 0.25) is 0 Å². The zero-order valence-corrected chi connectivity index (χ0v) is 17.2. The van der Waals surface area contributed by atoms with E-state index in [0.29, 0.717) is 11.2 Å². The molecule has 0 atom stereocenters. The quantitative estimate of drug-likeness (QED) is 0.469. The number of nitrogens with zero attached hydrogens (tertiary/aromatic N) is 3. The van der Waals surface area contributed by atoms with Gasteiger partial charge in [0.1, 0.15) is 0 Å². The molecule has 0 spiro atoms. The van der Waals surface area contributed by atoms with Gasteiger partial charge in [-0.3, -0.25) is 0 Å². The first-order valence-electron chi connectivity index (χ1n) is 10.5. The number of anilines is 1. The number of piperazine rings is 1. The van der Waals surface area contributed by atoms with Crippen LogP contribution in [0.3, 0.4) is 0 Å². The molecule has 152 valence electrons. The van der Waals surface area contributed by atoms with Gasteiger partial charge in [0.15, 0.2) is 5.82 Å². The van der Waals surface area contributed by atoms with Crippen LogP contribution in [-0.4, -0.2) is 42.7 Å². The molecule has 4 heteroatoms. The molecule has 3 nitrogen and oxygen atoms in total. The maximum Gasteiger partial charge on any atom is 0.170 e. The molecule has 0 bridgehead atoms. The Morgan fingerprint density at radius 3 is 1.93 bits per heavy atom. The van der Waals surface area contributed by atoms with Crippen molar-refractivity contribution in [3.05, 3.63) is 102 Å². The lowest BCUT2D eigenvalue weighted by Gasteiger charge is -2.34. The number of benzene rings is 3. The van der Waals surface area contributed by atoms with Crippen molar-refractivity contribution in [1.29, 1.82) is 0 Å². The molecular formula is C26H26FN3. The van der Waals surface area contributed by atoms with E-state index in [1.54, 1.807) is 0 Å². The summed E-state index contributed by atoms with van der Waals surface area (Å²) in [5.74, 6) is -0.126. The fraction of sp³-hybridized carbons (Fsp3) is 0.231. The lowest BCUT2D eigenvalue weighted by atomic mass is 9.98. The zero-order chi connectivity index (χ0) is 20.5. The second kappa shape index (κ2) is 7.96. The summed E-state index contributed by atoms with van der Waals surface area (Å²) in [5, 5.41) is 0.933. The summed E-state index contributed by atoms with van der Waals surface area (Å²) in [6, 6.07) is 26.6. The topological polar surface area (TPSA) is 11.4 Å². The zero-order valence-electron chi connectivity index (χ0n) is 17.2. The molecule has 0 unspecified atom stereocenters. The van der Waals surface area contributed by atoms with E-state index in [2.05, 4.69) is 51.7 Å². The molecule has 0 saturated carbocycles. The van der Waals surface area contributed by atoms with E-state index >= 15 is 4.39 Å². The predicted molar refractivity (Wildman–Crippen MR) is 122 cm³/mol. The van der Waals surface area contributed by atoms with Crippen LogP contribution < -0.4 is 4.90 Å². The molecule has 1 aliphatic rings. The van der Waals surface area contributed by atoms with Crippen molar-refractivity contribution < 1.29 is 4.39 Å². The van der Waals surface area contributed by atoms with Crippen LogP contribution in [-0.2, 0) is 0 Å². The number of hydrogen-bond acceptors (Lipinski definition) is 2. The smallest absolute Gasteiger partial charge is 0.170 e. The van der Waals surface area contributed by atoms with Crippen LogP contribution in [0.4, 0.5) is 10.1 Å². The van der Waals surface area contributed by atoms with Gasteiger partial charge >= 0.3 is 0 Å². The fourth-order valence-electron chi connectivity index (χ4n) is 4.49. The molecule has 1 aromatic heterocycles. The second-order valence-electron chi connectivity index (χ2n) is 8.07. The Morgan fingerprint density at radius 2 is 1.33 bits per heavy atom. The summed E-state index contributed by atoms with van der Waals surface area (Å²) in [4.78, 5) is 4.46. The molecule has 0 N–H and O–H groups in total. The highest BCUT2D eigenvalue weighted by atomic mass is 19.1. The van der Waals surface area contributed by atoms with Gasteiger partial charge in [0.25, 0.3) is 0 Å². The summed E-state index contributed by atoms with van der Waals surface area (Å²) in [7, 11) is 2.12. The minimum atomic E-state index is -0.126. The highest BCUT2D eigenvalue weighted by molar-refractivity contribution is 5.85. The number of fused-ring (bicyclic) bond motifs is 1. The molecule has 0 radical (unpaired) electrons. The summed E-state index contributed by atoms with van der Waals surface area (Å²) in [6.07, 6.45) is 2.02. The maximum absolute atomic E-state index is 16.0. The largest absolute Gasteiger partial charge is 0.367 e. The molecule has 1 saturated heterocycles. The van der Waals surface area contributed by atoms with Crippen LogP contribution in [0.5, 0.6) is 0 Å². The first kappa shape index (κ1) is 18.9. The molecule has 1 aliphatic heterocycles. The summed E-state index contributed by atoms with van der Waals surface area (Å²) in [5.41, 5.74) is 3.66. The van der Waals surface area contributed by atoms with Crippen molar-refractivity contribution in [2.75, 3.05) is 38.1 Å². The first-order valence-corrected chi connectivity index (χ1v) is 10.5. The Bertz CT molecular complexity index is 1090. The van der Waals surface area contributed by atoms with Crippen molar-refractivity contribution in [2.24, 2.45) is 0 Å². The van der Waals surface area contributed by atoms with Crippen LogP contribution in [0.25, 0.3) is 10.9 Å². The fourth-order valence-corrected chi connectivity index (χ4v) is 4.49. The molecule has 5 rings (SSSR count). The van der Waals surface area contributed by atoms with Crippen molar-refractivity contribution >= 4 is 16.6 Å². The van der Waals surface area contributed by atoms with Gasteiger partial charge in [0, 0.05) is 37.8 Å². The Balaban J connectivity index is 1.66. The van der Waals surface area contributed by atoms with Crippen molar-refractivity contribution in [1.82, 2.24) is 9.47 Å². The molecule has 1 fully saturated rings. The standard InChI is InChI=1S/C26H26FN3/c1-28-16-18-29(19-17-28)23-13-12-22-14-15-30(26(22)24(23)27)25(20-8-4-2-5-9-20)21-10-6-3-7-11-21/h2-15,25H,16-19H2,1H3. The number of halogens is 1. The van der Waals surface area contributed by atoms with Gasteiger partial charge in [-0.15, -0.1) is 0 Å². The normalized spacial score (nSPS) is 15.2. The predicted octanol–water partition coefficient (Wildman–Crippen LogP) is 5.17. The van der Waals surface area contributed by atoms with Crippen LogP contribution >= 0.6 is 0 Å². The maximum atomic E-state index is 16.0. The van der Waals surface area contributed by atoms with Gasteiger partial charge in [-0.25, -0.2) is 4.39 Å². The van der Waals surface area contributed by atoms with Crippen LogP contribution in [0, 0.1) is 5.82 Å². The van der Waals surface area contributed by atoms with E-state index in [1.807, 2.05) is 54.7 Å². The van der Waals surface area contributed by atoms with Gasteiger partial charge in [-0.2, -0.15) is 0 Å².